The fourth-order valence-electron chi connectivity index (χ4n) is 1.68. The van der Waals surface area contributed by atoms with Gasteiger partial charge in [-0.15, -0.1) is 0 Å². The van der Waals surface area contributed by atoms with E-state index in [1.165, 1.54) is 5.56 Å². The van der Waals surface area contributed by atoms with Gasteiger partial charge in [0.2, 0.25) is 0 Å². The number of hydrogen-bond donors (Lipinski definition) is 1. The van der Waals surface area contributed by atoms with Gasteiger partial charge in [-0.3, -0.25) is 9.00 Å². The highest BCUT2D eigenvalue weighted by atomic mass is 32.2. The van der Waals surface area contributed by atoms with Crippen molar-refractivity contribution in [2.75, 3.05) is 18.1 Å². The molecule has 1 atom stereocenters. The second-order valence-corrected chi connectivity index (χ2v) is 6.41. The standard InChI is InChI=1S/C15H22O4S/c1-13-6-8-14(9-7-13)19-10-2-3-11-20(18)12-4-5-15(16)17/h6-9H,2-5,10-12H2,1H3,(H,16,17). The van der Waals surface area contributed by atoms with Gasteiger partial charge < -0.3 is 9.84 Å². The normalized spacial score (nSPS) is 12.1. The van der Waals surface area contributed by atoms with E-state index in [4.69, 9.17) is 9.84 Å². The molecule has 1 unspecified atom stereocenters. The Morgan fingerprint density at radius 3 is 2.45 bits per heavy atom. The average Bonchev–Trinajstić information content (AvgIpc) is 2.40. The van der Waals surface area contributed by atoms with Crippen molar-refractivity contribution in [2.45, 2.75) is 32.6 Å². The summed E-state index contributed by atoms with van der Waals surface area (Å²) in [6.07, 6.45) is 2.29. The monoisotopic (exact) mass is 298 g/mol. The highest BCUT2D eigenvalue weighted by Gasteiger charge is 2.02. The summed E-state index contributed by atoms with van der Waals surface area (Å²) in [6.45, 7) is 2.65. The minimum absolute atomic E-state index is 0.0995. The molecule has 0 bridgehead atoms. The lowest BCUT2D eigenvalue weighted by Crippen LogP contribution is -2.07. The Bertz CT molecular complexity index is 428. The fraction of sp³-hybridized carbons (Fsp3) is 0.533. The Labute approximate surface area is 122 Å². The zero-order valence-corrected chi connectivity index (χ0v) is 12.7. The number of carbonyl (C=O) groups is 1. The van der Waals surface area contributed by atoms with Gasteiger partial charge in [0.05, 0.1) is 6.61 Å². The fourth-order valence-corrected chi connectivity index (χ4v) is 2.87. The third-order valence-electron chi connectivity index (χ3n) is 2.82. The van der Waals surface area contributed by atoms with E-state index in [0.29, 0.717) is 24.5 Å². The predicted molar refractivity (Wildman–Crippen MR) is 80.7 cm³/mol. The van der Waals surface area contributed by atoms with Gasteiger partial charge in [0.15, 0.2) is 0 Å². The summed E-state index contributed by atoms with van der Waals surface area (Å²) in [6, 6.07) is 7.90. The Hall–Kier alpha value is -1.36. The Morgan fingerprint density at radius 2 is 1.80 bits per heavy atom. The summed E-state index contributed by atoms with van der Waals surface area (Å²) < 4.78 is 17.2. The summed E-state index contributed by atoms with van der Waals surface area (Å²) in [5, 5.41) is 8.48. The average molecular weight is 298 g/mol. The molecule has 0 aliphatic rings. The molecule has 0 spiro atoms. The van der Waals surface area contributed by atoms with Crippen molar-refractivity contribution >= 4 is 16.8 Å². The molecule has 4 nitrogen and oxygen atoms in total. The van der Waals surface area contributed by atoms with Crippen molar-refractivity contribution in [1.29, 1.82) is 0 Å². The number of rotatable bonds is 10. The molecular formula is C15H22O4S. The quantitative estimate of drug-likeness (QED) is 0.675. The summed E-state index contributed by atoms with van der Waals surface area (Å²) in [5.74, 6) is 1.13. The van der Waals surface area contributed by atoms with Gasteiger partial charge in [0.25, 0.3) is 0 Å². The molecule has 112 valence electrons. The zero-order valence-electron chi connectivity index (χ0n) is 11.8. The first-order chi connectivity index (χ1) is 9.58. The number of benzene rings is 1. The number of carboxylic acids is 1. The van der Waals surface area contributed by atoms with Gasteiger partial charge >= 0.3 is 5.97 Å². The molecule has 0 amide bonds. The maximum atomic E-state index is 11.6. The van der Waals surface area contributed by atoms with E-state index in [1.54, 1.807) is 0 Å². The van der Waals surface area contributed by atoms with E-state index in [-0.39, 0.29) is 6.42 Å². The summed E-state index contributed by atoms with van der Waals surface area (Å²) in [7, 11) is -0.906. The SMILES string of the molecule is Cc1ccc(OCCCCS(=O)CCCC(=O)O)cc1. The van der Waals surface area contributed by atoms with Crippen LogP contribution in [0.4, 0.5) is 0 Å². The van der Waals surface area contributed by atoms with E-state index < -0.39 is 16.8 Å². The third-order valence-corrected chi connectivity index (χ3v) is 4.31. The second-order valence-electron chi connectivity index (χ2n) is 4.71. The number of aliphatic carboxylic acids is 1. The molecule has 5 heteroatoms. The van der Waals surface area contributed by atoms with Crippen molar-refractivity contribution in [1.82, 2.24) is 0 Å². The highest BCUT2D eigenvalue weighted by Crippen LogP contribution is 2.11. The number of aryl methyl sites for hydroxylation is 1. The van der Waals surface area contributed by atoms with Gasteiger partial charge in [-0.25, -0.2) is 0 Å². The second kappa shape index (κ2) is 9.53. The molecule has 1 aromatic rings. The van der Waals surface area contributed by atoms with E-state index in [2.05, 4.69) is 0 Å². The molecule has 0 heterocycles. The third kappa shape index (κ3) is 7.94. The molecule has 20 heavy (non-hydrogen) atoms. The van der Waals surface area contributed by atoms with E-state index in [1.807, 2.05) is 31.2 Å². The number of carboxylic acid groups (broad SMARTS) is 1. The van der Waals surface area contributed by atoms with Gasteiger partial charge in [-0.1, -0.05) is 17.7 Å². The largest absolute Gasteiger partial charge is 0.494 e. The van der Waals surface area contributed by atoms with Crippen LogP contribution in [0, 0.1) is 6.92 Å². The topological polar surface area (TPSA) is 63.6 Å². The van der Waals surface area contributed by atoms with E-state index in [0.717, 1.165) is 18.6 Å². The molecule has 0 saturated carbocycles. The Kier molecular flexibility index (Phi) is 7.95. The Balaban J connectivity index is 2.02. The number of unbranched alkanes of at least 4 members (excludes halogenated alkanes) is 1. The number of ether oxygens (including phenoxy) is 1. The van der Waals surface area contributed by atoms with Crippen LogP contribution in [0.5, 0.6) is 5.75 Å². The number of hydrogen-bond acceptors (Lipinski definition) is 3. The first-order valence-corrected chi connectivity index (χ1v) is 8.33. The molecular weight excluding hydrogens is 276 g/mol. The molecule has 0 radical (unpaired) electrons. The van der Waals surface area contributed by atoms with Gasteiger partial charge in [-0.05, 0) is 38.3 Å². The molecule has 0 aromatic heterocycles. The lowest BCUT2D eigenvalue weighted by atomic mass is 10.2. The van der Waals surface area contributed by atoms with Crippen molar-refractivity contribution < 1.29 is 18.8 Å². The van der Waals surface area contributed by atoms with Crippen LogP contribution in [0.1, 0.15) is 31.2 Å². The summed E-state index contributed by atoms with van der Waals surface area (Å²) in [5.41, 5.74) is 1.20. The molecule has 0 saturated heterocycles. The van der Waals surface area contributed by atoms with Crippen LogP contribution in [0.2, 0.25) is 0 Å². The molecule has 0 fully saturated rings. The first-order valence-electron chi connectivity index (χ1n) is 6.84. The van der Waals surface area contributed by atoms with Crippen LogP contribution in [0.25, 0.3) is 0 Å². The first kappa shape index (κ1) is 16.7. The summed E-state index contributed by atoms with van der Waals surface area (Å²) in [4.78, 5) is 10.3. The lowest BCUT2D eigenvalue weighted by molar-refractivity contribution is -0.137. The Morgan fingerprint density at radius 1 is 1.15 bits per heavy atom. The smallest absolute Gasteiger partial charge is 0.303 e. The van der Waals surface area contributed by atoms with Crippen LogP contribution in [0.15, 0.2) is 24.3 Å². The minimum Gasteiger partial charge on any atom is -0.494 e. The van der Waals surface area contributed by atoms with Crippen LogP contribution < -0.4 is 4.74 Å². The highest BCUT2D eigenvalue weighted by molar-refractivity contribution is 7.84. The van der Waals surface area contributed by atoms with Crippen molar-refractivity contribution in [3.63, 3.8) is 0 Å². The zero-order chi connectivity index (χ0) is 14.8. The van der Waals surface area contributed by atoms with Crippen molar-refractivity contribution in [2.24, 2.45) is 0 Å². The van der Waals surface area contributed by atoms with Gasteiger partial charge in [0.1, 0.15) is 5.75 Å². The van der Waals surface area contributed by atoms with Crippen LogP contribution >= 0.6 is 0 Å². The molecule has 0 aliphatic carbocycles. The van der Waals surface area contributed by atoms with Crippen LogP contribution in [-0.2, 0) is 15.6 Å². The molecule has 1 N–H and O–H groups in total. The van der Waals surface area contributed by atoms with Crippen LogP contribution in [-0.4, -0.2) is 33.4 Å². The minimum atomic E-state index is -0.906. The maximum absolute atomic E-state index is 11.6. The van der Waals surface area contributed by atoms with E-state index in [9.17, 15) is 9.00 Å². The molecule has 0 aliphatic heterocycles. The van der Waals surface area contributed by atoms with E-state index >= 15 is 0 Å². The van der Waals surface area contributed by atoms with Crippen LogP contribution in [0.3, 0.4) is 0 Å². The lowest BCUT2D eigenvalue weighted by Gasteiger charge is -2.06. The van der Waals surface area contributed by atoms with Gasteiger partial charge in [0, 0.05) is 28.7 Å². The maximum Gasteiger partial charge on any atom is 0.303 e. The predicted octanol–water partition coefficient (Wildman–Crippen LogP) is 2.77. The molecule has 1 rings (SSSR count). The van der Waals surface area contributed by atoms with Crippen molar-refractivity contribution in [3.8, 4) is 5.75 Å². The summed E-state index contributed by atoms with van der Waals surface area (Å²) >= 11 is 0. The van der Waals surface area contributed by atoms with Crippen molar-refractivity contribution in [3.05, 3.63) is 29.8 Å². The van der Waals surface area contributed by atoms with Gasteiger partial charge in [-0.2, -0.15) is 0 Å². The molecule has 1 aromatic carbocycles.